The van der Waals surface area contributed by atoms with E-state index < -0.39 is 4.92 Å². The Morgan fingerprint density at radius 2 is 2.00 bits per heavy atom. The van der Waals surface area contributed by atoms with E-state index in [2.05, 4.69) is 10.4 Å². The number of aryl methyl sites for hydroxylation is 2. The quantitative estimate of drug-likeness (QED) is 0.663. The van der Waals surface area contributed by atoms with E-state index in [1.807, 2.05) is 0 Å². The number of hydrogen-bond donors (Lipinski definition) is 1. The molecule has 1 aliphatic heterocycles. The number of ether oxygens (including phenoxy) is 1. The van der Waals surface area contributed by atoms with Crippen LogP contribution in [0.5, 0.6) is 0 Å². The standard InChI is InChI=1S/C17H21FN4O3/c1-12-15(22(23)24)16(21(2)20-12)19-11-17(7-9-25-10-8-17)13-3-5-14(18)6-4-13/h3-6,19H,7-11H2,1-2H3. The predicted octanol–water partition coefficient (Wildman–Crippen LogP) is 2.94. The number of halogens is 1. The van der Waals surface area contributed by atoms with E-state index in [1.165, 1.54) is 16.8 Å². The van der Waals surface area contributed by atoms with Crippen molar-refractivity contribution in [3.8, 4) is 0 Å². The Hall–Kier alpha value is -2.48. The number of rotatable bonds is 5. The molecule has 0 atom stereocenters. The molecule has 2 aromatic rings. The topological polar surface area (TPSA) is 82.2 Å². The lowest BCUT2D eigenvalue weighted by Crippen LogP contribution is -2.40. The second-order valence-electron chi connectivity index (χ2n) is 6.42. The summed E-state index contributed by atoms with van der Waals surface area (Å²) in [6, 6.07) is 6.46. The third-order valence-electron chi connectivity index (χ3n) is 4.87. The Labute approximate surface area is 144 Å². The van der Waals surface area contributed by atoms with E-state index in [4.69, 9.17) is 4.74 Å². The summed E-state index contributed by atoms with van der Waals surface area (Å²) in [5.41, 5.74) is 1.10. The maximum Gasteiger partial charge on any atom is 0.333 e. The second-order valence-corrected chi connectivity index (χ2v) is 6.42. The summed E-state index contributed by atoms with van der Waals surface area (Å²) in [6.45, 7) is 3.31. The zero-order valence-electron chi connectivity index (χ0n) is 14.3. The van der Waals surface area contributed by atoms with E-state index in [0.717, 1.165) is 18.4 Å². The molecule has 8 heteroatoms. The van der Waals surface area contributed by atoms with Gasteiger partial charge in [-0.1, -0.05) is 12.1 Å². The maximum absolute atomic E-state index is 13.3. The van der Waals surface area contributed by atoms with Crippen LogP contribution in [-0.2, 0) is 17.2 Å². The first kappa shape index (κ1) is 17.3. The van der Waals surface area contributed by atoms with Gasteiger partial charge in [-0.15, -0.1) is 0 Å². The summed E-state index contributed by atoms with van der Waals surface area (Å²) in [5.74, 6) is 0.104. The van der Waals surface area contributed by atoms with Crippen LogP contribution in [0.1, 0.15) is 24.1 Å². The molecule has 1 saturated heterocycles. The average molecular weight is 348 g/mol. The van der Waals surface area contributed by atoms with Crippen molar-refractivity contribution in [1.82, 2.24) is 9.78 Å². The number of aromatic nitrogens is 2. The SMILES string of the molecule is Cc1nn(C)c(NCC2(c3ccc(F)cc3)CCOCC2)c1[N+](=O)[O-]. The van der Waals surface area contributed by atoms with Crippen LogP contribution in [-0.4, -0.2) is 34.5 Å². The first-order valence-electron chi connectivity index (χ1n) is 8.19. The van der Waals surface area contributed by atoms with Gasteiger partial charge >= 0.3 is 5.69 Å². The van der Waals surface area contributed by atoms with Crippen LogP contribution in [0.2, 0.25) is 0 Å². The molecule has 0 unspecified atom stereocenters. The minimum absolute atomic E-state index is 0.0104. The fourth-order valence-electron chi connectivity index (χ4n) is 3.45. The monoisotopic (exact) mass is 348 g/mol. The summed E-state index contributed by atoms with van der Waals surface area (Å²) in [5, 5.41) is 18.7. The van der Waals surface area contributed by atoms with Crippen LogP contribution >= 0.6 is 0 Å². The number of benzene rings is 1. The van der Waals surface area contributed by atoms with Gasteiger partial charge in [-0.2, -0.15) is 5.10 Å². The normalized spacial score (nSPS) is 16.6. The fraction of sp³-hybridized carbons (Fsp3) is 0.471. The summed E-state index contributed by atoms with van der Waals surface area (Å²) in [4.78, 5) is 10.9. The van der Waals surface area contributed by atoms with Gasteiger partial charge in [-0.25, -0.2) is 9.07 Å². The van der Waals surface area contributed by atoms with Crippen molar-refractivity contribution in [1.29, 1.82) is 0 Å². The molecule has 0 saturated carbocycles. The van der Waals surface area contributed by atoms with Gasteiger partial charge in [0.1, 0.15) is 11.5 Å². The Bertz CT molecular complexity index is 767. The molecule has 3 rings (SSSR count). The molecule has 25 heavy (non-hydrogen) atoms. The molecular weight excluding hydrogens is 327 g/mol. The summed E-state index contributed by atoms with van der Waals surface area (Å²) in [7, 11) is 1.68. The molecule has 1 N–H and O–H groups in total. The van der Waals surface area contributed by atoms with E-state index in [0.29, 0.717) is 31.3 Å². The molecule has 0 radical (unpaired) electrons. The van der Waals surface area contributed by atoms with Crippen LogP contribution in [0.4, 0.5) is 15.9 Å². The van der Waals surface area contributed by atoms with Gasteiger partial charge in [-0.05, 0) is 37.5 Å². The van der Waals surface area contributed by atoms with E-state index >= 15 is 0 Å². The zero-order valence-corrected chi connectivity index (χ0v) is 14.3. The average Bonchev–Trinajstić information content (AvgIpc) is 2.88. The summed E-state index contributed by atoms with van der Waals surface area (Å²) in [6.07, 6.45) is 1.52. The molecule has 0 aliphatic carbocycles. The molecule has 1 aliphatic rings. The highest BCUT2D eigenvalue weighted by molar-refractivity contribution is 5.59. The first-order valence-corrected chi connectivity index (χ1v) is 8.19. The molecule has 1 aromatic carbocycles. The van der Waals surface area contributed by atoms with E-state index in [9.17, 15) is 14.5 Å². The zero-order chi connectivity index (χ0) is 18.0. The lowest BCUT2D eigenvalue weighted by atomic mass is 9.74. The van der Waals surface area contributed by atoms with Gasteiger partial charge < -0.3 is 10.1 Å². The molecule has 0 bridgehead atoms. The Balaban J connectivity index is 1.90. The predicted molar refractivity (Wildman–Crippen MR) is 91.2 cm³/mol. The number of hydrogen-bond acceptors (Lipinski definition) is 5. The fourth-order valence-corrected chi connectivity index (χ4v) is 3.45. The maximum atomic E-state index is 13.3. The molecule has 0 spiro atoms. The van der Waals surface area contributed by atoms with Gasteiger partial charge in [0.2, 0.25) is 5.82 Å². The molecule has 1 aromatic heterocycles. The van der Waals surface area contributed by atoms with Gasteiger partial charge in [0.15, 0.2) is 0 Å². The van der Waals surface area contributed by atoms with Crippen molar-refractivity contribution in [2.75, 3.05) is 25.1 Å². The number of nitrogens with zero attached hydrogens (tertiary/aromatic N) is 3. The van der Waals surface area contributed by atoms with E-state index in [1.54, 1.807) is 26.1 Å². The minimum Gasteiger partial charge on any atom is -0.381 e. The highest BCUT2D eigenvalue weighted by Crippen LogP contribution is 2.36. The number of anilines is 1. The Kier molecular flexibility index (Phi) is 4.71. The van der Waals surface area contributed by atoms with Gasteiger partial charge in [0.25, 0.3) is 0 Å². The molecule has 1 fully saturated rings. The third kappa shape index (κ3) is 3.34. The second kappa shape index (κ2) is 6.79. The third-order valence-corrected chi connectivity index (χ3v) is 4.87. The highest BCUT2D eigenvalue weighted by atomic mass is 19.1. The summed E-state index contributed by atoms with van der Waals surface area (Å²) >= 11 is 0. The van der Waals surface area contributed by atoms with Crippen molar-refractivity contribution in [3.63, 3.8) is 0 Å². The molecule has 2 heterocycles. The van der Waals surface area contributed by atoms with E-state index in [-0.39, 0.29) is 16.9 Å². The molecule has 134 valence electrons. The first-order chi connectivity index (χ1) is 11.9. The smallest absolute Gasteiger partial charge is 0.333 e. The number of nitrogens with one attached hydrogen (secondary N) is 1. The molecular formula is C17H21FN4O3. The highest BCUT2D eigenvalue weighted by Gasteiger charge is 2.36. The largest absolute Gasteiger partial charge is 0.381 e. The van der Waals surface area contributed by atoms with Crippen LogP contribution in [0, 0.1) is 22.9 Å². The van der Waals surface area contributed by atoms with Crippen molar-refractivity contribution < 1.29 is 14.1 Å². The van der Waals surface area contributed by atoms with Crippen LogP contribution < -0.4 is 5.32 Å². The number of nitro groups is 1. The van der Waals surface area contributed by atoms with Gasteiger partial charge in [0, 0.05) is 32.2 Å². The Morgan fingerprint density at radius 1 is 1.36 bits per heavy atom. The van der Waals surface area contributed by atoms with Crippen molar-refractivity contribution in [3.05, 3.63) is 51.5 Å². The van der Waals surface area contributed by atoms with Crippen LogP contribution in [0.15, 0.2) is 24.3 Å². The Morgan fingerprint density at radius 3 is 2.60 bits per heavy atom. The minimum atomic E-state index is -0.417. The lowest BCUT2D eigenvalue weighted by molar-refractivity contribution is -0.384. The molecule has 7 nitrogen and oxygen atoms in total. The molecule has 0 amide bonds. The van der Waals surface area contributed by atoms with Gasteiger partial charge in [-0.3, -0.25) is 10.1 Å². The lowest BCUT2D eigenvalue weighted by Gasteiger charge is -2.38. The summed E-state index contributed by atoms with van der Waals surface area (Å²) < 4.78 is 20.3. The van der Waals surface area contributed by atoms with Gasteiger partial charge in [0.05, 0.1) is 4.92 Å². The van der Waals surface area contributed by atoms with Crippen molar-refractivity contribution >= 4 is 11.5 Å². The van der Waals surface area contributed by atoms with Crippen LogP contribution in [0.3, 0.4) is 0 Å². The van der Waals surface area contributed by atoms with Crippen molar-refractivity contribution in [2.45, 2.75) is 25.2 Å². The van der Waals surface area contributed by atoms with Crippen LogP contribution in [0.25, 0.3) is 0 Å². The van der Waals surface area contributed by atoms with Crippen molar-refractivity contribution in [2.24, 2.45) is 7.05 Å².